The topological polar surface area (TPSA) is 146 Å². The quantitative estimate of drug-likeness (QED) is 0.549. The van der Waals surface area contributed by atoms with E-state index in [2.05, 4.69) is 26.9 Å². The van der Waals surface area contributed by atoms with E-state index in [0.717, 1.165) is 5.69 Å². The number of carbonyl (C=O) groups is 2. The zero-order chi connectivity index (χ0) is 21.4. The van der Waals surface area contributed by atoms with Crippen LogP contribution in [0.5, 0.6) is 11.6 Å². The zero-order valence-corrected chi connectivity index (χ0v) is 16.1. The average Bonchev–Trinajstić information content (AvgIpc) is 2.69. The number of aliphatic imine (C=N–C) groups is 1. The van der Waals surface area contributed by atoms with Crippen molar-refractivity contribution in [2.45, 2.75) is 19.9 Å². The smallest absolute Gasteiger partial charge is 0.267 e. The lowest BCUT2D eigenvalue weighted by Gasteiger charge is -2.07. The Bertz CT molecular complexity index is 949. The van der Waals surface area contributed by atoms with E-state index >= 15 is 0 Å². The highest BCUT2D eigenvalue weighted by Crippen LogP contribution is 2.22. The van der Waals surface area contributed by atoms with E-state index < -0.39 is 17.9 Å². The number of nitrogens with zero attached hydrogens (tertiary/aromatic N) is 3. The minimum absolute atomic E-state index is 0.0329. The summed E-state index contributed by atoms with van der Waals surface area (Å²) in [5.41, 5.74) is 12.2. The summed E-state index contributed by atoms with van der Waals surface area (Å²) in [6.45, 7) is 7.27. The molecule has 2 rings (SSSR count). The molecule has 1 heterocycles. The van der Waals surface area contributed by atoms with Crippen molar-refractivity contribution < 1.29 is 14.3 Å². The maximum atomic E-state index is 11.6. The summed E-state index contributed by atoms with van der Waals surface area (Å²) < 4.78 is 5.61. The van der Waals surface area contributed by atoms with Crippen molar-refractivity contribution >= 4 is 23.2 Å². The van der Waals surface area contributed by atoms with E-state index in [4.69, 9.17) is 16.2 Å². The fraction of sp³-hybridized carbons (Fsp3) is 0.150. The van der Waals surface area contributed by atoms with Crippen LogP contribution in [0.25, 0.3) is 5.70 Å². The van der Waals surface area contributed by atoms with Crippen molar-refractivity contribution in [3.63, 3.8) is 0 Å². The molecule has 0 unspecified atom stereocenters. The maximum absolute atomic E-state index is 11.6. The van der Waals surface area contributed by atoms with Gasteiger partial charge in [0.15, 0.2) is 0 Å². The van der Waals surface area contributed by atoms with Crippen LogP contribution < -0.4 is 21.5 Å². The van der Waals surface area contributed by atoms with Gasteiger partial charge in [0.2, 0.25) is 11.8 Å². The molecule has 0 spiro atoms. The van der Waals surface area contributed by atoms with Crippen LogP contribution in [0.4, 0.5) is 0 Å². The number of benzene rings is 1. The Balaban J connectivity index is 2.08. The molecule has 150 valence electrons. The van der Waals surface area contributed by atoms with E-state index in [-0.39, 0.29) is 5.71 Å². The SMILES string of the molecule is C=C(/N=C(\C=C\N[C@@H](C)C(N)=O)C(N)=O)c1ccc(Oc2cnc(C)cn2)cc1. The van der Waals surface area contributed by atoms with Crippen LogP contribution in [0.3, 0.4) is 0 Å². The lowest BCUT2D eigenvalue weighted by atomic mass is 10.1. The third-order valence-corrected chi connectivity index (χ3v) is 3.69. The summed E-state index contributed by atoms with van der Waals surface area (Å²) in [6.07, 6.45) is 5.87. The summed E-state index contributed by atoms with van der Waals surface area (Å²) >= 11 is 0. The van der Waals surface area contributed by atoms with Gasteiger partial charge in [-0.05, 0) is 56.0 Å². The zero-order valence-electron chi connectivity index (χ0n) is 16.1. The molecule has 0 radical (unpaired) electrons. The van der Waals surface area contributed by atoms with Gasteiger partial charge in [-0.1, -0.05) is 6.58 Å². The molecule has 0 bridgehead atoms. The molecular formula is C20H22N6O3. The Morgan fingerprint density at radius 2 is 1.90 bits per heavy atom. The third-order valence-electron chi connectivity index (χ3n) is 3.69. The maximum Gasteiger partial charge on any atom is 0.267 e. The monoisotopic (exact) mass is 394 g/mol. The van der Waals surface area contributed by atoms with Crippen LogP contribution in [0.15, 0.2) is 60.5 Å². The van der Waals surface area contributed by atoms with Crippen molar-refractivity contribution in [3.8, 4) is 11.6 Å². The van der Waals surface area contributed by atoms with Gasteiger partial charge in [-0.2, -0.15) is 0 Å². The number of primary amides is 2. The van der Waals surface area contributed by atoms with E-state index in [0.29, 0.717) is 22.9 Å². The Morgan fingerprint density at radius 1 is 1.21 bits per heavy atom. The number of amides is 2. The Kier molecular flexibility index (Phi) is 7.19. The third kappa shape index (κ3) is 6.58. The minimum Gasteiger partial charge on any atom is -0.438 e. The van der Waals surface area contributed by atoms with E-state index in [1.165, 1.54) is 18.5 Å². The van der Waals surface area contributed by atoms with Gasteiger partial charge in [0.05, 0.1) is 23.8 Å². The molecule has 0 saturated carbocycles. The number of aromatic nitrogens is 2. The molecular weight excluding hydrogens is 372 g/mol. The van der Waals surface area contributed by atoms with Crippen LogP contribution in [0.1, 0.15) is 18.2 Å². The second-order valence-corrected chi connectivity index (χ2v) is 6.05. The highest BCUT2D eigenvalue weighted by Gasteiger charge is 2.08. The molecule has 2 aromatic rings. The number of rotatable bonds is 9. The first-order valence-corrected chi connectivity index (χ1v) is 8.62. The lowest BCUT2D eigenvalue weighted by Crippen LogP contribution is -2.36. The minimum atomic E-state index is -0.742. The van der Waals surface area contributed by atoms with Gasteiger partial charge >= 0.3 is 0 Å². The molecule has 9 heteroatoms. The van der Waals surface area contributed by atoms with Gasteiger partial charge in [0.1, 0.15) is 17.5 Å². The Hall–Kier alpha value is -4.01. The van der Waals surface area contributed by atoms with Crippen molar-refractivity contribution in [2.24, 2.45) is 16.5 Å². The van der Waals surface area contributed by atoms with Gasteiger partial charge < -0.3 is 21.5 Å². The number of ether oxygens (including phenoxy) is 1. The first-order valence-electron chi connectivity index (χ1n) is 8.62. The predicted octanol–water partition coefficient (Wildman–Crippen LogP) is 1.45. The van der Waals surface area contributed by atoms with Crippen LogP contribution in [-0.4, -0.2) is 33.5 Å². The lowest BCUT2D eigenvalue weighted by molar-refractivity contribution is -0.119. The number of carbonyl (C=O) groups excluding carboxylic acids is 2. The second kappa shape index (κ2) is 9.79. The second-order valence-electron chi connectivity index (χ2n) is 6.05. The van der Waals surface area contributed by atoms with Gasteiger partial charge in [-0.15, -0.1) is 0 Å². The summed E-state index contributed by atoms with van der Waals surface area (Å²) in [5, 5.41) is 2.71. The first kappa shape index (κ1) is 21.3. The summed E-state index contributed by atoms with van der Waals surface area (Å²) in [5.74, 6) is -0.341. The molecule has 0 fully saturated rings. The largest absolute Gasteiger partial charge is 0.438 e. The number of nitrogens with two attached hydrogens (primary N) is 2. The molecule has 2 amide bonds. The van der Waals surface area contributed by atoms with Gasteiger partial charge in [-0.3, -0.25) is 14.6 Å². The van der Waals surface area contributed by atoms with Gasteiger partial charge in [0.25, 0.3) is 5.91 Å². The molecule has 1 atom stereocenters. The van der Waals surface area contributed by atoms with Crippen molar-refractivity contribution in [1.82, 2.24) is 15.3 Å². The average molecular weight is 394 g/mol. The highest BCUT2D eigenvalue weighted by atomic mass is 16.5. The summed E-state index contributed by atoms with van der Waals surface area (Å²) in [7, 11) is 0. The van der Waals surface area contributed by atoms with Gasteiger partial charge in [-0.25, -0.2) is 9.98 Å². The molecule has 0 aliphatic rings. The van der Waals surface area contributed by atoms with Crippen LogP contribution >= 0.6 is 0 Å². The number of nitrogens with one attached hydrogen (secondary N) is 1. The molecule has 5 N–H and O–H groups in total. The molecule has 0 saturated heterocycles. The molecule has 1 aromatic carbocycles. The summed E-state index contributed by atoms with van der Waals surface area (Å²) in [4.78, 5) is 35.0. The van der Waals surface area contributed by atoms with Crippen LogP contribution in [-0.2, 0) is 9.59 Å². The van der Waals surface area contributed by atoms with Crippen molar-refractivity contribution in [2.75, 3.05) is 0 Å². The normalized spacial score (nSPS) is 12.4. The Labute approximate surface area is 168 Å². The van der Waals surface area contributed by atoms with E-state index in [1.54, 1.807) is 37.4 Å². The number of hydrogen-bond donors (Lipinski definition) is 3. The van der Waals surface area contributed by atoms with Crippen molar-refractivity contribution in [1.29, 1.82) is 0 Å². The van der Waals surface area contributed by atoms with Gasteiger partial charge in [0, 0.05) is 0 Å². The molecule has 0 aliphatic heterocycles. The molecule has 9 nitrogen and oxygen atoms in total. The first-order chi connectivity index (χ1) is 13.8. The number of hydrogen-bond acceptors (Lipinski definition) is 7. The number of aryl methyl sites for hydroxylation is 1. The van der Waals surface area contributed by atoms with E-state index in [9.17, 15) is 9.59 Å². The molecule has 0 aliphatic carbocycles. The van der Waals surface area contributed by atoms with Crippen LogP contribution in [0.2, 0.25) is 0 Å². The molecule has 29 heavy (non-hydrogen) atoms. The standard InChI is InChI=1S/C20H22N6O3/c1-12-10-25-18(11-24-12)29-16-6-4-15(5-7-16)13(2)26-17(20(22)28)8-9-23-14(3)19(21)27/h4-11,14,23H,2H2,1,3H3,(H2,21,27)(H2,22,28)/b9-8+,26-17+/t14-/m0/s1. The summed E-state index contributed by atoms with van der Waals surface area (Å²) in [6, 6.07) is 6.30. The fourth-order valence-corrected chi connectivity index (χ4v) is 2.01. The molecule has 1 aromatic heterocycles. The highest BCUT2D eigenvalue weighted by molar-refractivity contribution is 6.43. The Morgan fingerprint density at radius 3 is 2.45 bits per heavy atom. The fourth-order valence-electron chi connectivity index (χ4n) is 2.01. The predicted molar refractivity (Wildman–Crippen MR) is 110 cm³/mol. The van der Waals surface area contributed by atoms with E-state index in [1.807, 2.05) is 6.92 Å². The van der Waals surface area contributed by atoms with Crippen molar-refractivity contribution in [3.05, 3.63) is 66.8 Å². The van der Waals surface area contributed by atoms with Crippen LogP contribution in [0, 0.1) is 6.92 Å².